The molecule has 0 aliphatic heterocycles. The Morgan fingerprint density at radius 3 is 1.91 bits per heavy atom. The van der Waals surface area contributed by atoms with Gasteiger partial charge in [-0.2, -0.15) is 0 Å². The van der Waals surface area contributed by atoms with Crippen molar-refractivity contribution in [3.8, 4) is 22.6 Å². The van der Waals surface area contributed by atoms with Gasteiger partial charge in [0, 0.05) is 5.56 Å². The van der Waals surface area contributed by atoms with Gasteiger partial charge in [-0.1, -0.05) is 6.92 Å². The molecule has 0 bridgehead atoms. The molecule has 2 rings (SSSR count). The van der Waals surface area contributed by atoms with Crippen LogP contribution in [-0.2, 0) is 9.47 Å². The molecule has 1 aromatic carbocycles. The predicted octanol–water partition coefficient (Wildman–Crippen LogP) is 5.67. The average Bonchev–Trinajstić information content (AvgIpc) is 2.72. The highest BCUT2D eigenvalue weighted by molar-refractivity contribution is 9.10. The van der Waals surface area contributed by atoms with Crippen molar-refractivity contribution in [1.29, 1.82) is 0 Å². The Morgan fingerprint density at radius 1 is 0.875 bits per heavy atom. The third-order valence-electron chi connectivity index (χ3n) is 4.57. The lowest BCUT2D eigenvalue weighted by molar-refractivity contribution is 0.0525. The van der Waals surface area contributed by atoms with Gasteiger partial charge in [0.1, 0.15) is 0 Å². The number of aryl methyl sites for hydroxylation is 2. The van der Waals surface area contributed by atoms with Crippen LogP contribution in [0.4, 0.5) is 0 Å². The standard InChI is InChI=1S/C24H30BrNO6/c1-7-11-32-22-17(25)12-16(13-18(22)29-8-2)21-19(23(27)30-9-3)14(5)26-15(6)20(21)24(28)31-10-4/h12-13H,7-11H2,1-6H3. The Balaban J connectivity index is 2.89. The van der Waals surface area contributed by atoms with Gasteiger partial charge in [0.15, 0.2) is 11.5 Å². The monoisotopic (exact) mass is 507 g/mol. The molecule has 0 fully saturated rings. The number of hydrogen-bond acceptors (Lipinski definition) is 7. The van der Waals surface area contributed by atoms with E-state index in [1.165, 1.54) is 0 Å². The first kappa shape index (κ1) is 25.6. The van der Waals surface area contributed by atoms with Gasteiger partial charge in [-0.15, -0.1) is 0 Å². The quantitative estimate of drug-likeness (QED) is 0.383. The van der Waals surface area contributed by atoms with E-state index in [0.29, 0.717) is 51.7 Å². The summed E-state index contributed by atoms with van der Waals surface area (Å²) in [7, 11) is 0. The van der Waals surface area contributed by atoms with E-state index < -0.39 is 11.9 Å². The van der Waals surface area contributed by atoms with E-state index in [9.17, 15) is 9.59 Å². The minimum Gasteiger partial charge on any atom is -0.490 e. The van der Waals surface area contributed by atoms with Crippen molar-refractivity contribution in [3.63, 3.8) is 0 Å². The van der Waals surface area contributed by atoms with Crippen molar-refractivity contribution in [2.75, 3.05) is 26.4 Å². The summed E-state index contributed by atoms with van der Waals surface area (Å²) < 4.78 is 22.9. The zero-order valence-electron chi connectivity index (χ0n) is 19.5. The summed E-state index contributed by atoms with van der Waals surface area (Å²) in [4.78, 5) is 30.3. The summed E-state index contributed by atoms with van der Waals surface area (Å²) in [6.45, 7) is 12.1. The number of carbonyl (C=O) groups is 2. The normalized spacial score (nSPS) is 10.6. The number of halogens is 1. The molecule has 0 spiro atoms. The minimum atomic E-state index is -0.557. The lowest BCUT2D eigenvalue weighted by atomic mass is 9.92. The second kappa shape index (κ2) is 11.9. The van der Waals surface area contributed by atoms with Gasteiger partial charge in [0.25, 0.3) is 0 Å². The van der Waals surface area contributed by atoms with E-state index in [1.54, 1.807) is 39.8 Å². The zero-order valence-corrected chi connectivity index (χ0v) is 21.1. The maximum absolute atomic E-state index is 12.9. The van der Waals surface area contributed by atoms with Gasteiger partial charge in [-0.3, -0.25) is 4.98 Å². The number of nitrogens with zero attached hydrogens (tertiary/aromatic N) is 1. The molecule has 0 saturated heterocycles. The second-order valence-electron chi connectivity index (χ2n) is 6.92. The largest absolute Gasteiger partial charge is 0.490 e. The van der Waals surface area contributed by atoms with E-state index >= 15 is 0 Å². The fourth-order valence-electron chi connectivity index (χ4n) is 3.36. The molecule has 0 saturated carbocycles. The first-order valence-electron chi connectivity index (χ1n) is 10.7. The Bertz CT molecular complexity index is 947. The number of aromatic nitrogens is 1. The first-order valence-corrected chi connectivity index (χ1v) is 11.5. The van der Waals surface area contributed by atoms with Crippen LogP contribution < -0.4 is 9.47 Å². The second-order valence-corrected chi connectivity index (χ2v) is 7.77. The molecule has 8 heteroatoms. The van der Waals surface area contributed by atoms with Gasteiger partial charge in [0.2, 0.25) is 0 Å². The number of pyridine rings is 1. The zero-order chi connectivity index (χ0) is 23.8. The Kier molecular flexibility index (Phi) is 9.50. The molecule has 174 valence electrons. The van der Waals surface area contributed by atoms with Crippen molar-refractivity contribution < 1.29 is 28.5 Å². The third-order valence-corrected chi connectivity index (χ3v) is 5.16. The molecule has 0 unspecified atom stereocenters. The Morgan fingerprint density at radius 2 is 1.44 bits per heavy atom. The number of ether oxygens (including phenoxy) is 4. The van der Waals surface area contributed by atoms with Crippen molar-refractivity contribution >= 4 is 27.9 Å². The van der Waals surface area contributed by atoms with Gasteiger partial charge in [-0.25, -0.2) is 9.59 Å². The Labute approximate surface area is 197 Å². The molecular weight excluding hydrogens is 478 g/mol. The molecule has 2 aromatic rings. The number of carbonyl (C=O) groups excluding carboxylic acids is 2. The van der Waals surface area contributed by atoms with Crippen molar-refractivity contribution in [2.45, 2.75) is 48.0 Å². The fourth-order valence-corrected chi connectivity index (χ4v) is 3.92. The summed E-state index contributed by atoms with van der Waals surface area (Å²) in [5, 5.41) is 0. The number of hydrogen-bond donors (Lipinski definition) is 0. The summed E-state index contributed by atoms with van der Waals surface area (Å²) in [5.74, 6) is -0.0470. The summed E-state index contributed by atoms with van der Waals surface area (Å²) >= 11 is 3.56. The van der Waals surface area contributed by atoms with Gasteiger partial charge in [-0.05, 0) is 74.7 Å². The van der Waals surface area contributed by atoms with Crippen LogP contribution in [0.15, 0.2) is 16.6 Å². The molecule has 1 heterocycles. The summed E-state index contributed by atoms with van der Waals surface area (Å²) in [6.07, 6.45) is 0.836. The van der Waals surface area contributed by atoms with Crippen LogP contribution in [0.1, 0.15) is 66.2 Å². The van der Waals surface area contributed by atoms with Crippen molar-refractivity contribution in [1.82, 2.24) is 4.98 Å². The van der Waals surface area contributed by atoms with E-state index in [1.807, 2.05) is 13.8 Å². The van der Waals surface area contributed by atoms with Crippen LogP contribution in [0.2, 0.25) is 0 Å². The molecule has 0 aliphatic carbocycles. The van der Waals surface area contributed by atoms with Crippen molar-refractivity contribution in [2.24, 2.45) is 0 Å². The lowest BCUT2D eigenvalue weighted by Crippen LogP contribution is -2.17. The fraction of sp³-hybridized carbons (Fsp3) is 0.458. The van der Waals surface area contributed by atoms with Crippen molar-refractivity contribution in [3.05, 3.63) is 39.1 Å². The molecule has 0 N–H and O–H groups in total. The van der Waals surface area contributed by atoms with Crippen LogP contribution in [0, 0.1) is 13.8 Å². The topological polar surface area (TPSA) is 84.0 Å². The van der Waals surface area contributed by atoms with E-state index in [-0.39, 0.29) is 24.3 Å². The molecule has 0 aliphatic rings. The smallest absolute Gasteiger partial charge is 0.340 e. The lowest BCUT2D eigenvalue weighted by Gasteiger charge is -2.20. The van der Waals surface area contributed by atoms with E-state index in [2.05, 4.69) is 20.9 Å². The highest BCUT2D eigenvalue weighted by atomic mass is 79.9. The maximum atomic E-state index is 12.9. The van der Waals surface area contributed by atoms with Crippen LogP contribution >= 0.6 is 15.9 Å². The summed E-state index contributed by atoms with van der Waals surface area (Å²) in [6, 6.07) is 3.56. The highest BCUT2D eigenvalue weighted by Gasteiger charge is 2.29. The molecular formula is C24H30BrNO6. The van der Waals surface area contributed by atoms with Gasteiger partial charge < -0.3 is 18.9 Å². The molecule has 0 atom stereocenters. The molecule has 32 heavy (non-hydrogen) atoms. The SMILES string of the molecule is CCCOc1c(Br)cc(-c2c(C(=O)OCC)c(C)nc(C)c2C(=O)OCC)cc1OCC. The first-order chi connectivity index (χ1) is 15.3. The number of esters is 2. The predicted molar refractivity (Wildman–Crippen MR) is 126 cm³/mol. The summed E-state index contributed by atoms with van der Waals surface area (Å²) in [5.41, 5.74) is 2.35. The van der Waals surface area contributed by atoms with E-state index in [0.717, 1.165) is 6.42 Å². The van der Waals surface area contributed by atoms with E-state index in [4.69, 9.17) is 18.9 Å². The van der Waals surface area contributed by atoms with Gasteiger partial charge >= 0.3 is 11.9 Å². The maximum Gasteiger partial charge on any atom is 0.340 e. The van der Waals surface area contributed by atoms with Crippen LogP contribution in [0.25, 0.3) is 11.1 Å². The number of benzene rings is 1. The molecule has 0 amide bonds. The van der Waals surface area contributed by atoms with Crippen LogP contribution in [-0.4, -0.2) is 43.4 Å². The molecule has 1 aromatic heterocycles. The minimum absolute atomic E-state index is 0.192. The van der Waals surface area contributed by atoms with Crippen LogP contribution in [0.3, 0.4) is 0 Å². The molecule has 0 radical (unpaired) electrons. The van der Waals surface area contributed by atoms with Gasteiger partial charge in [0.05, 0.1) is 53.4 Å². The van der Waals surface area contributed by atoms with Crippen LogP contribution in [0.5, 0.6) is 11.5 Å². The number of rotatable bonds is 10. The third kappa shape index (κ3) is 5.59. The Hall–Kier alpha value is -2.61. The highest BCUT2D eigenvalue weighted by Crippen LogP contribution is 2.42. The average molecular weight is 508 g/mol. The molecule has 7 nitrogen and oxygen atoms in total.